The lowest BCUT2D eigenvalue weighted by molar-refractivity contribution is -0.134. The van der Waals surface area contributed by atoms with Gasteiger partial charge in [0, 0.05) is 51.0 Å². The summed E-state index contributed by atoms with van der Waals surface area (Å²) in [7, 11) is 1.58. The van der Waals surface area contributed by atoms with Gasteiger partial charge < -0.3 is 24.3 Å². The molecule has 10 nitrogen and oxygen atoms in total. The Kier molecular flexibility index (Phi) is 11.1. The van der Waals surface area contributed by atoms with Gasteiger partial charge in [0.2, 0.25) is 5.91 Å². The maximum absolute atomic E-state index is 13.8. The molecule has 0 saturated carbocycles. The van der Waals surface area contributed by atoms with Crippen molar-refractivity contribution in [3.8, 4) is 5.75 Å². The van der Waals surface area contributed by atoms with Crippen molar-refractivity contribution < 1.29 is 38.1 Å². The maximum atomic E-state index is 13.8. The highest BCUT2D eigenvalue weighted by Gasteiger charge is 2.50. The molecule has 1 aromatic carbocycles. The summed E-state index contributed by atoms with van der Waals surface area (Å²) in [5.74, 6) is -0.837. The van der Waals surface area contributed by atoms with E-state index in [1.165, 1.54) is 0 Å². The quantitative estimate of drug-likeness (QED) is 0.296. The molecule has 41 heavy (non-hydrogen) atoms. The zero-order valence-corrected chi connectivity index (χ0v) is 24.5. The Balaban J connectivity index is 1.43. The summed E-state index contributed by atoms with van der Waals surface area (Å²) in [4.78, 5) is 55.1. The highest BCUT2D eigenvalue weighted by atomic mass is 16.6. The summed E-state index contributed by atoms with van der Waals surface area (Å²) in [5, 5.41) is 2.92. The molecule has 3 saturated heterocycles. The molecule has 1 aromatic rings. The number of ether oxygens (including phenoxy) is 4. The number of amides is 1. The first-order chi connectivity index (χ1) is 19.7. The van der Waals surface area contributed by atoms with Gasteiger partial charge in [0.15, 0.2) is 11.6 Å². The summed E-state index contributed by atoms with van der Waals surface area (Å²) < 4.78 is 21.5. The van der Waals surface area contributed by atoms with Gasteiger partial charge in [-0.3, -0.25) is 24.1 Å². The number of nitrogens with one attached hydrogen (secondary N) is 1. The molecule has 4 rings (SSSR count). The first-order valence-corrected chi connectivity index (χ1v) is 14.7. The predicted octanol–water partition coefficient (Wildman–Crippen LogP) is 2.01. The van der Waals surface area contributed by atoms with E-state index in [0.717, 1.165) is 12.0 Å². The molecule has 3 aliphatic rings. The Morgan fingerprint density at radius 3 is 2.39 bits per heavy atom. The van der Waals surface area contributed by atoms with E-state index >= 15 is 0 Å². The second-order valence-corrected chi connectivity index (χ2v) is 11.9. The number of nitrogens with zero attached hydrogens (tertiary/aromatic N) is 1. The Morgan fingerprint density at radius 1 is 1.07 bits per heavy atom. The van der Waals surface area contributed by atoms with Crippen LogP contribution < -0.4 is 10.1 Å². The molecule has 0 aliphatic carbocycles. The highest BCUT2D eigenvalue weighted by Crippen LogP contribution is 2.35. The van der Waals surface area contributed by atoms with E-state index < -0.39 is 23.5 Å². The van der Waals surface area contributed by atoms with Gasteiger partial charge in [0.1, 0.15) is 17.1 Å². The molecule has 226 valence electrons. The largest absolute Gasteiger partial charge is 0.497 e. The Bertz CT molecular complexity index is 1060. The molecule has 0 bridgehead atoms. The van der Waals surface area contributed by atoms with Crippen LogP contribution >= 0.6 is 0 Å². The van der Waals surface area contributed by atoms with Crippen molar-refractivity contribution in [2.24, 2.45) is 17.8 Å². The fourth-order valence-electron chi connectivity index (χ4n) is 5.59. The van der Waals surface area contributed by atoms with Crippen LogP contribution in [-0.4, -0.2) is 99.6 Å². The van der Waals surface area contributed by atoms with E-state index in [-0.39, 0.29) is 55.0 Å². The van der Waals surface area contributed by atoms with E-state index in [4.69, 9.17) is 18.9 Å². The summed E-state index contributed by atoms with van der Waals surface area (Å²) in [6.07, 6.45) is 1.78. The minimum atomic E-state index is -0.839. The van der Waals surface area contributed by atoms with Crippen molar-refractivity contribution in [2.45, 2.75) is 57.6 Å². The smallest absolute Gasteiger partial charge is 0.223 e. The lowest BCUT2D eigenvalue weighted by atomic mass is 9.81. The monoisotopic (exact) mass is 572 g/mol. The number of carbonyl (C=O) groups excluding carboxylic acids is 4. The zero-order valence-electron chi connectivity index (χ0n) is 24.5. The molecule has 1 amide bonds. The van der Waals surface area contributed by atoms with Crippen LogP contribution in [-0.2, 0) is 39.8 Å². The van der Waals surface area contributed by atoms with Crippen LogP contribution in [0.2, 0.25) is 0 Å². The Hall–Kier alpha value is -2.66. The molecule has 10 heteroatoms. The van der Waals surface area contributed by atoms with Gasteiger partial charge in [0.05, 0.1) is 39.5 Å². The van der Waals surface area contributed by atoms with Crippen LogP contribution in [0, 0.1) is 17.8 Å². The van der Waals surface area contributed by atoms with Gasteiger partial charge >= 0.3 is 0 Å². The fraction of sp³-hybridized carbons (Fsp3) is 0.677. The average molecular weight is 573 g/mol. The Labute approximate surface area is 242 Å². The van der Waals surface area contributed by atoms with Crippen molar-refractivity contribution in [3.63, 3.8) is 0 Å². The minimum Gasteiger partial charge on any atom is -0.497 e. The van der Waals surface area contributed by atoms with Crippen molar-refractivity contribution in [1.82, 2.24) is 10.2 Å². The molecule has 3 aliphatic heterocycles. The van der Waals surface area contributed by atoms with Crippen molar-refractivity contribution in [1.29, 1.82) is 0 Å². The summed E-state index contributed by atoms with van der Waals surface area (Å²) in [6.45, 7) is 7.95. The SMILES string of the molecule is COc1ccc(CC(NC(=O)C(C)CC(=O)CN2CCOCC2)C(=O)CC(CC2CCOC2)C(=O)C2(C)CO2)cc1. The molecule has 3 fully saturated rings. The number of carbonyl (C=O) groups is 4. The Morgan fingerprint density at radius 2 is 1.78 bits per heavy atom. The number of epoxide rings is 1. The van der Waals surface area contributed by atoms with E-state index in [0.29, 0.717) is 58.3 Å². The van der Waals surface area contributed by atoms with E-state index in [9.17, 15) is 19.2 Å². The van der Waals surface area contributed by atoms with Crippen LogP contribution in [0.1, 0.15) is 45.1 Å². The second-order valence-electron chi connectivity index (χ2n) is 11.9. The third-order valence-corrected chi connectivity index (χ3v) is 8.35. The number of hydrogen-bond donors (Lipinski definition) is 1. The number of hydrogen-bond acceptors (Lipinski definition) is 9. The predicted molar refractivity (Wildman–Crippen MR) is 151 cm³/mol. The van der Waals surface area contributed by atoms with Gasteiger partial charge in [-0.25, -0.2) is 0 Å². The van der Waals surface area contributed by atoms with Crippen molar-refractivity contribution >= 4 is 23.3 Å². The molecular weight excluding hydrogens is 528 g/mol. The van der Waals surface area contributed by atoms with Crippen LogP contribution in [0.5, 0.6) is 5.75 Å². The van der Waals surface area contributed by atoms with Gasteiger partial charge in [-0.1, -0.05) is 19.1 Å². The minimum absolute atomic E-state index is 0.0136. The molecule has 0 radical (unpaired) electrons. The molecule has 1 N–H and O–H groups in total. The first-order valence-electron chi connectivity index (χ1n) is 14.7. The zero-order chi connectivity index (χ0) is 29.4. The third kappa shape index (κ3) is 9.16. The molecule has 5 unspecified atom stereocenters. The van der Waals surface area contributed by atoms with Crippen LogP contribution in [0.25, 0.3) is 0 Å². The van der Waals surface area contributed by atoms with Crippen LogP contribution in [0.4, 0.5) is 0 Å². The molecule has 3 heterocycles. The first kappa shape index (κ1) is 31.3. The maximum Gasteiger partial charge on any atom is 0.223 e. The normalized spacial score (nSPS) is 24.7. The van der Waals surface area contributed by atoms with Gasteiger partial charge in [-0.05, 0) is 49.8 Å². The summed E-state index contributed by atoms with van der Waals surface area (Å²) >= 11 is 0. The number of benzene rings is 1. The van der Waals surface area contributed by atoms with Crippen LogP contribution in [0.15, 0.2) is 24.3 Å². The molecule has 0 spiro atoms. The lowest BCUT2D eigenvalue weighted by Crippen LogP contribution is -2.46. The fourth-order valence-corrected chi connectivity index (χ4v) is 5.59. The standard InChI is InChI=1S/C31H44N2O8/c1-21(14-25(34)18-33-9-12-39-13-10-33)30(37)32-27(16-22-4-6-26(38-3)7-5-22)28(35)17-24(15-23-8-11-40-19-23)29(36)31(2)20-41-31/h4-7,21,23-24,27H,8-20H2,1-3H3,(H,32,37). The number of Topliss-reactive ketones (excluding diaryl/α,β-unsaturated/α-hetero) is 3. The third-order valence-electron chi connectivity index (χ3n) is 8.35. The summed E-state index contributed by atoms with van der Waals surface area (Å²) in [5.41, 5.74) is 0.0131. The lowest BCUT2D eigenvalue weighted by Gasteiger charge is -2.26. The van der Waals surface area contributed by atoms with E-state index in [2.05, 4.69) is 5.32 Å². The molecule has 5 atom stereocenters. The average Bonchev–Trinajstić information content (AvgIpc) is 3.51. The number of methoxy groups -OCH3 is 1. The number of morpholine rings is 1. The van der Waals surface area contributed by atoms with Crippen LogP contribution in [0.3, 0.4) is 0 Å². The second kappa shape index (κ2) is 14.5. The molecule has 0 aromatic heterocycles. The highest BCUT2D eigenvalue weighted by molar-refractivity contribution is 5.97. The van der Waals surface area contributed by atoms with Crippen molar-refractivity contribution in [3.05, 3.63) is 29.8 Å². The topological polar surface area (TPSA) is 124 Å². The van der Waals surface area contributed by atoms with E-state index in [1.54, 1.807) is 21.0 Å². The number of ketones is 3. The van der Waals surface area contributed by atoms with Crippen molar-refractivity contribution in [2.75, 3.05) is 59.8 Å². The van der Waals surface area contributed by atoms with E-state index in [1.807, 2.05) is 29.2 Å². The van der Waals surface area contributed by atoms with Gasteiger partial charge in [-0.15, -0.1) is 0 Å². The summed E-state index contributed by atoms with van der Waals surface area (Å²) in [6, 6.07) is 6.50. The van der Waals surface area contributed by atoms with Gasteiger partial charge in [0.25, 0.3) is 0 Å². The molecular formula is C31H44N2O8. The number of rotatable bonds is 16. The van der Waals surface area contributed by atoms with Gasteiger partial charge in [-0.2, -0.15) is 0 Å².